The second-order valence-corrected chi connectivity index (χ2v) is 10.1. The SMILES string of the molecule is CCCOc1ccc(S(C)(=O)=O)cc1-c1cn(C)c(=O)c2ccc(-c3cnn(CC)c3)cc12. The van der Waals surface area contributed by atoms with Crippen molar-refractivity contribution < 1.29 is 13.2 Å². The average Bonchev–Trinajstić information content (AvgIpc) is 3.28. The topological polar surface area (TPSA) is 83.2 Å². The van der Waals surface area contributed by atoms with Crippen LogP contribution in [-0.2, 0) is 23.4 Å². The normalized spacial score (nSPS) is 11.8. The van der Waals surface area contributed by atoms with Gasteiger partial charge in [-0.2, -0.15) is 5.10 Å². The number of nitrogens with zero attached hydrogens (tertiary/aromatic N) is 3. The number of pyridine rings is 1. The molecular formula is C25H27N3O4S. The van der Waals surface area contributed by atoms with Gasteiger partial charge < -0.3 is 9.30 Å². The monoisotopic (exact) mass is 465 g/mol. The first-order valence-electron chi connectivity index (χ1n) is 10.9. The molecule has 4 aromatic rings. The minimum Gasteiger partial charge on any atom is -0.493 e. The van der Waals surface area contributed by atoms with E-state index in [-0.39, 0.29) is 10.5 Å². The minimum absolute atomic E-state index is 0.125. The fourth-order valence-corrected chi connectivity index (χ4v) is 4.48. The van der Waals surface area contributed by atoms with Crippen molar-refractivity contribution in [3.8, 4) is 28.0 Å². The molecule has 0 bridgehead atoms. The first kappa shape index (κ1) is 22.8. The van der Waals surface area contributed by atoms with Crippen molar-refractivity contribution in [2.24, 2.45) is 7.05 Å². The van der Waals surface area contributed by atoms with Crippen molar-refractivity contribution in [1.82, 2.24) is 14.3 Å². The molecule has 0 fully saturated rings. The fraction of sp³-hybridized carbons (Fsp3) is 0.280. The molecule has 7 nitrogen and oxygen atoms in total. The third-order valence-corrected chi connectivity index (χ3v) is 6.72. The molecule has 0 unspecified atom stereocenters. The molecule has 0 atom stereocenters. The van der Waals surface area contributed by atoms with Crippen LogP contribution in [0.2, 0.25) is 0 Å². The number of aryl methyl sites for hydroxylation is 2. The van der Waals surface area contributed by atoms with Gasteiger partial charge in [0.15, 0.2) is 9.84 Å². The molecule has 2 heterocycles. The number of benzene rings is 2. The van der Waals surface area contributed by atoms with E-state index < -0.39 is 9.84 Å². The van der Waals surface area contributed by atoms with Crippen LogP contribution in [0.3, 0.4) is 0 Å². The fourth-order valence-electron chi connectivity index (χ4n) is 3.83. The van der Waals surface area contributed by atoms with E-state index in [1.54, 1.807) is 37.6 Å². The summed E-state index contributed by atoms with van der Waals surface area (Å²) >= 11 is 0. The molecule has 2 aromatic carbocycles. The summed E-state index contributed by atoms with van der Waals surface area (Å²) < 4.78 is 33.9. The van der Waals surface area contributed by atoms with Crippen molar-refractivity contribution in [1.29, 1.82) is 0 Å². The predicted octanol–water partition coefficient (Wildman–Crippen LogP) is 4.28. The van der Waals surface area contributed by atoms with Crippen LogP contribution in [0.25, 0.3) is 33.0 Å². The maximum absolute atomic E-state index is 12.9. The van der Waals surface area contributed by atoms with E-state index in [0.717, 1.165) is 35.0 Å². The van der Waals surface area contributed by atoms with Gasteiger partial charge in [-0.1, -0.05) is 13.0 Å². The highest BCUT2D eigenvalue weighted by atomic mass is 32.2. The van der Waals surface area contributed by atoms with Crippen molar-refractivity contribution in [3.63, 3.8) is 0 Å². The van der Waals surface area contributed by atoms with Gasteiger partial charge in [-0.05, 0) is 54.6 Å². The van der Waals surface area contributed by atoms with E-state index >= 15 is 0 Å². The Morgan fingerprint density at radius 2 is 1.76 bits per heavy atom. The lowest BCUT2D eigenvalue weighted by molar-refractivity contribution is 0.318. The number of aromatic nitrogens is 3. The van der Waals surface area contributed by atoms with E-state index in [4.69, 9.17) is 4.74 Å². The van der Waals surface area contributed by atoms with Gasteiger partial charge in [0.05, 0.1) is 17.7 Å². The van der Waals surface area contributed by atoms with Gasteiger partial charge in [0.25, 0.3) is 5.56 Å². The van der Waals surface area contributed by atoms with Crippen LogP contribution in [0, 0.1) is 0 Å². The van der Waals surface area contributed by atoms with E-state index in [9.17, 15) is 13.2 Å². The lowest BCUT2D eigenvalue weighted by atomic mass is 9.97. The Bertz CT molecular complexity index is 1500. The number of sulfone groups is 1. The Hall–Kier alpha value is -3.39. The van der Waals surface area contributed by atoms with Crippen molar-refractivity contribution in [3.05, 3.63) is 65.3 Å². The summed E-state index contributed by atoms with van der Waals surface area (Å²) in [6.45, 7) is 5.28. The lowest BCUT2D eigenvalue weighted by Gasteiger charge is -2.16. The first-order chi connectivity index (χ1) is 15.7. The van der Waals surface area contributed by atoms with Crippen LogP contribution < -0.4 is 10.3 Å². The number of ether oxygens (including phenoxy) is 1. The highest BCUT2D eigenvalue weighted by Crippen LogP contribution is 2.37. The van der Waals surface area contributed by atoms with E-state index in [2.05, 4.69) is 5.10 Å². The molecule has 4 rings (SSSR count). The second-order valence-electron chi connectivity index (χ2n) is 8.08. The van der Waals surface area contributed by atoms with Crippen LogP contribution in [-0.4, -0.2) is 35.6 Å². The summed E-state index contributed by atoms with van der Waals surface area (Å²) in [5, 5.41) is 5.63. The second kappa shape index (κ2) is 8.86. The summed E-state index contributed by atoms with van der Waals surface area (Å²) in [6.07, 6.45) is 7.49. The maximum Gasteiger partial charge on any atom is 0.258 e. The minimum atomic E-state index is -3.43. The molecule has 8 heteroatoms. The Morgan fingerprint density at radius 3 is 2.42 bits per heavy atom. The van der Waals surface area contributed by atoms with Gasteiger partial charge >= 0.3 is 0 Å². The molecule has 0 aliphatic carbocycles. The molecule has 0 aliphatic rings. The Balaban J connectivity index is 2.02. The van der Waals surface area contributed by atoms with Crippen molar-refractivity contribution in [2.45, 2.75) is 31.7 Å². The Kier molecular flexibility index (Phi) is 6.12. The molecule has 0 spiro atoms. The van der Waals surface area contributed by atoms with E-state index in [0.29, 0.717) is 23.3 Å². The Labute approximate surface area is 193 Å². The molecule has 0 radical (unpaired) electrons. The van der Waals surface area contributed by atoms with Gasteiger partial charge in [-0.25, -0.2) is 8.42 Å². The zero-order valence-electron chi connectivity index (χ0n) is 19.2. The highest BCUT2D eigenvalue weighted by Gasteiger charge is 2.18. The van der Waals surface area contributed by atoms with Crippen LogP contribution >= 0.6 is 0 Å². The van der Waals surface area contributed by atoms with Gasteiger partial charge in [-0.3, -0.25) is 9.48 Å². The van der Waals surface area contributed by atoms with Crippen LogP contribution in [0.1, 0.15) is 20.3 Å². The van der Waals surface area contributed by atoms with Crippen LogP contribution in [0.4, 0.5) is 0 Å². The summed E-state index contributed by atoms with van der Waals surface area (Å²) in [6, 6.07) is 10.5. The molecule has 2 aromatic heterocycles. The molecular weight excluding hydrogens is 438 g/mol. The number of fused-ring (bicyclic) bond motifs is 1. The molecule has 0 saturated carbocycles. The zero-order chi connectivity index (χ0) is 23.8. The third-order valence-electron chi connectivity index (χ3n) is 5.60. The molecule has 0 N–H and O–H groups in total. The summed E-state index contributed by atoms with van der Waals surface area (Å²) in [5.74, 6) is 0.577. The Morgan fingerprint density at radius 1 is 0.970 bits per heavy atom. The first-order valence-corrected chi connectivity index (χ1v) is 12.8. The highest BCUT2D eigenvalue weighted by molar-refractivity contribution is 7.90. The van der Waals surface area contributed by atoms with E-state index in [1.165, 1.54) is 10.8 Å². The predicted molar refractivity (Wildman–Crippen MR) is 130 cm³/mol. The van der Waals surface area contributed by atoms with Crippen LogP contribution in [0.15, 0.2) is 64.7 Å². The molecule has 0 aliphatic heterocycles. The van der Waals surface area contributed by atoms with Gasteiger partial charge in [0.2, 0.25) is 0 Å². The maximum atomic E-state index is 12.9. The summed E-state index contributed by atoms with van der Waals surface area (Å²) in [5.41, 5.74) is 3.10. The summed E-state index contributed by atoms with van der Waals surface area (Å²) in [4.78, 5) is 13.1. The third kappa shape index (κ3) is 4.43. The molecule has 172 valence electrons. The van der Waals surface area contributed by atoms with E-state index in [1.807, 2.05) is 42.9 Å². The zero-order valence-corrected chi connectivity index (χ0v) is 20.0. The summed E-state index contributed by atoms with van der Waals surface area (Å²) in [7, 11) is -1.74. The smallest absolute Gasteiger partial charge is 0.258 e. The average molecular weight is 466 g/mol. The lowest BCUT2D eigenvalue weighted by Crippen LogP contribution is -2.16. The van der Waals surface area contributed by atoms with Gasteiger partial charge in [0.1, 0.15) is 5.75 Å². The van der Waals surface area contributed by atoms with Gasteiger partial charge in [0, 0.05) is 54.3 Å². The molecule has 0 amide bonds. The number of rotatable bonds is 7. The standard InChI is InChI=1S/C25H27N3O4S/c1-5-11-32-24-10-8-19(33(4,30)31)13-22(24)23-16-27(3)25(29)20-9-7-17(12-21(20)23)18-14-26-28(6-2)15-18/h7-10,12-16H,5-6,11H2,1-4H3. The van der Waals surface area contributed by atoms with Crippen molar-refractivity contribution >= 4 is 20.6 Å². The van der Waals surface area contributed by atoms with Crippen molar-refractivity contribution in [2.75, 3.05) is 12.9 Å². The molecule has 0 saturated heterocycles. The van der Waals surface area contributed by atoms with Crippen LogP contribution in [0.5, 0.6) is 5.75 Å². The number of hydrogen-bond acceptors (Lipinski definition) is 5. The largest absolute Gasteiger partial charge is 0.493 e. The molecule has 33 heavy (non-hydrogen) atoms. The quantitative estimate of drug-likeness (QED) is 0.407. The number of hydrogen-bond donors (Lipinski definition) is 0. The van der Waals surface area contributed by atoms with Gasteiger partial charge in [-0.15, -0.1) is 0 Å².